The van der Waals surface area contributed by atoms with Crippen LogP contribution in [-0.4, -0.2) is 11.3 Å². The Labute approximate surface area is 100 Å². The van der Waals surface area contributed by atoms with Gasteiger partial charge in [-0.15, -0.1) is 0 Å². The number of carbonyl (C=O) groups is 2. The molecule has 7 heteroatoms. The van der Waals surface area contributed by atoms with Gasteiger partial charge >= 0.3 is 5.37 Å². The molecule has 0 fully saturated rings. The van der Waals surface area contributed by atoms with Crippen LogP contribution >= 0.6 is 34.8 Å². The molecule has 80 valence electrons. The van der Waals surface area contributed by atoms with E-state index in [1.165, 1.54) is 18.2 Å². The molecular formula is C8H5Cl3N2O2. The van der Waals surface area contributed by atoms with Gasteiger partial charge in [-0.05, 0) is 29.8 Å². The normalized spacial score (nSPS) is 9.53. The fraction of sp³-hybridized carbons (Fsp3) is 0. The first-order valence-electron chi connectivity index (χ1n) is 3.71. The Bertz CT molecular complexity index is 389. The number of carbonyl (C=O) groups excluding carboxylic acids is 2. The minimum absolute atomic E-state index is 0.220. The van der Waals surface area contributed by atoms with Crippen LogP contribution in [0.5, 0.6) is 0 Å². The molecule has 2 N–H and O–H groups in total. The maximum Gasteiger partial charge on any atom is 0.332 e. The molecule has 0 saturated heterocycles. The third-order valence-electron chi connectivity index (χ3n) is 1.40. The highest BCUT2D eigenvalue weighted by Gasteiger charge is 2.07. The molecule has 2 amide bonds. The van der Waals surface area contributed by atoms with Crippen LogP contribution in [0.3, 0.4) is 0 Å². The second kappa shape index (κ2) is 5.21. The molecular weight excluding hydrogens is 262 g/mol. The van der Waals surface area contributed by atoms with Crippen LogP contribution in [0.25, 0.3) is 0 Å². The molecule has 1 aromatic carbocycles. The van der Waals surface area contributed by atoms with Crippen LogP contribution in [-0.2, 0) is 0 Å². The molecule has 0 radical (unpaired) electrons. The Morgan fingerprint density at radius 2 is 1.53 bits per heavy atom. The summed E-state index contributed by atoms with van der Waals surface area (Å²) >= 11 is 16.3. The van der Waals surface area contributed by atoms with Gasteiger partial charge in [0.15, 0.2) is 0 Å². The first-order chi connectivity index (χ1) is 6.99. The molecule has 1 rings (SSSR count). The molecule has 0 bridgehead atoms. The van der Waals surface area contributed by atoms with Crippen LogP contribution < -0.4 is 10.9 Å². The van der Waals surface area contributed by atoms with Crippen molar-refractivity contribution in [3.05, 3.63) is 33.8 Å². The number of benzene rings is 1. The Hall–Kier alpha value is -0.970. The van der Waals surface area contributed by atoms with Crippen LogP contribution in [0.1, 0.15) is 10.4 Å². The van der Waals surface area contributed by atoms with E-state index in [1.807, 2.05) is 5.43 Å². The van der Waals surface area contributed by atoms with E-state index >= 15 is 0 Å². The number of rotatable bonds is 1. The molecule has 4 nitrogen and oxygen atoms in total. The van der Waals surface area contributed by atoms with E-state index in [0.29, 0.717) is 10.0 Å². The van der Waals surface area contributed by atoms with Crippen LogP contribution in [0, 0.1) is 0 Å². The number of nitrogens with one attached hydrogen (secondary N) is 2. The van der Waals surface area contributed by atoms with E-state index in [0.717, 1.165) is 0 Å². The number of halogens is 3. The molecule has 0 heterocycles. The van der Waals surface area contributed by atoms with E-state index in [1.54, 1.807) is 0 Å². The van der Waals surface area contributed by atoms with Gasteiger partial charge in [-0.3, -0.25) is 20.4 Å². The summed E-state index contributed by atoms with van der Waals surface area (Å²) in [7, 11) is 0. The van der Waals surface area contributed by atoms with Crippen molar-refractivity contribution >= 4 is 46.1 Å². The van der Waals surface area contributed by atoms with E-state index in [-0.39, 0.29) is 5.56 Å². The lowest BCUT2D eigenvalue weighted by Gasteiger charge is -2.04. The Morgan fingerprint density at radius 1 is 1.00 bits per heavy atom. The highest BCUT2D eigenvalue weighted by Crippen LogP contribution is 2.18. The van der Waals surface area contributed by atoms with E-state index < -0.39 is 11.3 Å². The molecule has 0 aromatic heterocycles. The summed E-state index contributed by atoms with van der Waals surface area (Å²) in [6, 6.07) is 4.30. The quantitative estimate of drug-likeness (QED) is 0.467. The third kappa shape index (κ3) is 3.95. The average molecular weight is 267 g/mol. The van der Waals surface area contributed by atoms with E-state index in [4.69, 9.17) is 34.8 Å². The topological polar surface area (TPSA) is 58.2 Å². The van der Waals surface area contributed by atoms with Gasteiger partial charge in [0.25, 0.3) is 5.91 Å². The minimum Gasteiger partial charge on any atom is -0.267 e. The van der Waals surface area contributed by atoms with Gasteiger partial charge < -0.3 is 0 Å². The Balaban J connectivity index is 2.77. The number of hydrazine groups is 1. The van der Waals surface area contributed by atoms with Crippen LogP contribution in [0.15, 0.2) is 18.2 Å². The monoisotopic (exact) mass is 266 g/mol. The predicted molar refractivity (Wildman–Crippen MR) is 58.3 cm³/mol. The van der Waals surface area contributed by atoms with E-state index in [9.17, 15) is 9.59 Å². The summed E-state index contributed by atoms with van der Waals surface area (Å²) in [6.07, 6.45) is 0. The lowest BCUT2D eigenvalue weighted by molar-refractivity contribution is 0.0939. The second-order valence-corrected chi connectivity index (χ2v) is 3.73. The van der Waals surface area contributed by atoms with E-state index in [2.05, 4.69) is 5.43 Å². The van der Waals surface area contributed by atoms with Crippen molar-refractivity contribution in [1.82, 2.24) is 10.9 Å². The van der Waals surface area contributed by atoms with Crippen molar-refractivity contribution in [3.63, 3.8) is 0 Å². The summed E-state index contributed by atoms with van der Waals surface area (Å²) in [5, 5.41) is -0.244. The zero-order chi connectivity index (χ0) is 11.4. The molecule has 0 spiro atoms. The van der Waals surface area contributed by atoms with Crippen molar-refractivity contribution < 1.29 is 9.59 Å². The SMILES string of the molecule is O=C(Cl)NNC(=O)c1cc(Cl)cc(Cl)c1. The molecule has 0 unspecified atom stereocenters. The summed E-state index contributed by atoms with van der Waals surface area (Å²) in [5.74, 6) is -0.562. The molecule has 0 aliphatic carbocycles. The molecule has 1 aromatic rings. The van der Waals surface area contributed by atoms with Gasteiger partial charge in [0.2, 0.25) is 0 Å². The Morgan fingerprint density at radius 3 is 2.00 bits per heavy atom. The van der Waals surface area contributed by atoms with Crippen LogP contribution in [0.2, 0.25) is 10.0 Å². The maximum absolute atomic E-state index is 11.4. The zero-order valence-corrected chi connectivity index (χ0v) is 9.45. The molecule has 15 heavy (non-hydrogen) atoms. The highest BCUT2D eigenvalue weighted by molar-refractivity contribution is 6.62. The largest absolute Gasteiger partial charge is 0.332 e. The van der Waals surface area contributed by atoms with Crippen molar-refractivity contribution in [1.29, 1.82) is 0 Å². The van der Waals surface area contributed by atoms with Crippen molar-refractivity contribution in [2.75, 3.05) is 0 Å². The lowest BCUT2D eigenvalue weighted by atomic mass is 10.2. The lowest BCUT2D eigenvalue weighted by Crippen LogP contribution is -2.38. The summed E-state index contributed by atoms with van der Waals surface area (Å²) in [4.78, 5) is 21.7. The molecule has 0 saturated carbocycles. The van der Waals surface area contributed by atoms with Crippen molar-refractivity contribution in [3.8, 4) is 0 Å². The van der Waals surface area contributed by atoms with Gasteiger partial charge in [0, 0.05) is 15.6 Å². The number of hydrogen-bond acceptors (Lipinski definition) is 2. The van der Waals surface area contributed by atoms with Gasteiger partial charge in [0.1, 0.15) is 0 Å². The summed E-state index contributed by atoms with van der Waals surface area (Å²) in [5.41, 5.74) is 4.21. The summed E-state index contributed by atoms with van der Waals surface area (Å²) in [6.45, 7) is 0. The minimum atomic E-state index is -0.892. The predicted octanol–water partition coefficient (Wildman–Crippen LogP) is 2.59. The maximum atomic E-state index is 11.4. The molecule has 0 atom stereocenters. The summed E-state index contributed by atoms with van der Waals surface area (Å²) < 4.78 is 0. The van der Waals surface area contributed by atoms with Gasteiger partial charge in [0.05, 0.1) is 0 Å². The number of hydrogen-bond donors (Lipinski definition) is 2. The van der Waals surface area contributed by atoms with Gasteiger partial charge in [-0.25, -0.2) is 0 Å². The molecule has 0 aliphatic rings. The van der Waals surface area contributed by atoms with Crippen molar-refractivity contribution in [2.45, 2.75) is 0 Å². The number of amides is 2. The first-order valence-corrected chi connectivity index (χ1v) is 4.84. The smallest absolute Gasteiger partial charge is 0.267 e. The van der Waals surface area contributed by atoms with Gasteiger partial charge in [-0.2, -0.15) is 0 Å². The highest BCUT2D eigenvalue weighted by atomic mass is 35.5. The standard InChI is InChI=1S/C8H5Cl3N2O2/c9-5-1-4(2-6(10)3-5)7(14)12-13-8(11)15/h1-3H,(H,12,14)(H,13,15). The fourth-order valence-electron chi connectivity index (χ4n) is 0.863. The van der Waals surface area contributed by atoms with Crippen molar-refractivity contribution in [2.24, 2.45) is 0 Å². The first kappa shape index (κ1) is 12.1. The third-order valence-corrected chi connectivity index (χ3v) is 1.93. The molecule has 0 aliphatic heterocycles. The Kier molecular flexibility index (Phi) is 4.20. The van der Waals surface area contributed by atoms with Gasteiger partial charge in [-0.1, -0.05) is 23.2 Å². The zero-order valence-electron chi connectivity index (χ0n) is 7.18. The van der Waals surface area contributed by atoms with Crippen LogP contribution in [0.4, 0.5) is 4.79 Å². The fourth-order valence-corrected chi connectivity index (χ4v) is 1.44. The average Bonchev–Trinajstić information content (AvgIpc) is 2.12. The second-order valence-electron chi connectivity index (χ2n) is 2.51.